The van der Waals surface area contributed by atoms with Crippen molar-refractivity contribution in [1.29, 1.82) is 0 Å². The molecule has 4 heteroatoms. The molecule has 1 N–H and O–H groups in total. The Kier molecular flexibility index (Phi) is 6.42. The van der Waals surface area contributed by atoms with E-state index in [9.17, 15) is 0 Å². The number of likely N-dealkylation sites (tertiary alicyclic amines) is 1. The largest absolute Gasteiger partial charge is 0.489 e. The van der Waals surface area contributed by atoms with Crippen molar-refractivity contribution >= 4 is 0 Å². The Hall–Kier alpha value is -1.91. The van der Waals surface area contributed by atoms with Crippen LogP contribution in [0.2, 0.25) is 0 Å². The highest BCUT2D eigenvalue weighted by atomic mass is 16.5. The Balaban J connectivity index is 1.51. The molecule has 25 heavy (non-hydrogen) atoms. The van der Waals surface area contributed by atoms with E-state index in [0.29, 0.717) is 18.7 Å². The van der Waals surface area contributed by atoms with Crippen LogP contribution in [0.4, 0.5) is 0 Å². The number of nitrogens with zero attached hydrogens (tertiary/aromatic N) is 2. The van der Waals surface area contributed by atoms with Crippen molar-refractivity contribution in [2.24, 2.45) is 0 Å². The lowest BCUT2D eigenvalue weighted by Crippen LogP contribution is -2.44. The first-order chi connectivity index (χ1) is 12.2. The van der Waals surface area contributed by atoms with Crippen LogP contribution in [0.15, 0.2) is 48.8 Å². The fraction of sp³-hybridized carbons (Fsp3) is 0.476. The molecule has 0 saturated carbocycles. The summed E-state index contributed by atoms with van der Waals surface area (Å²) >= 11 is 0. The van der Waals surface area contributed by atoms with Gasteiger partial charge in [0.05, 0.1) is 0 Å². The number of hydrogen-bond acceptors (Lipinski definition) is 4. The van der Waals surface area contributed by atoms with Gasteiger partial charge >= 0.3 is 0 Å². The number of ether oxygens (including phenoxy) is 1. The van der Waals surface area contributed by atoms with Gasteiger partial charge in [0.1, 0.15) is 12.4 Å². The van der Waals surface area contributed by atoms with Crippen molar-refractivity contribution in [3.63, 3.8) is 0 Å². The van der Waals surface area contributed by atoms with E-state index in [4.69, 9.17) is 4.74 Å². The highest BCUT2D eigenvalue weighted by Gasteiger charge is 2.20. The molecule has 1 aromatic heterocycles. The Morgan fingerprint density at radius 3 is 2.68 bits per heavy atom. The Labute approximate surface area is 151 Å². The zero-order chi connectivity index (χ0) is 17.5. The quantitative estimate of drug-likeness (QED) is 0.836. The number of benzene rings is 1. The van der Waals surface area contributed by atoms with Gasteiger partial charge in [0.2, 0.25) is 0 Å². The van der Waals surface area contributed by atoms with Crippen LogP contribution >= 0.6 is 0 Å². The van der Waals surface area contributed by atoms with E-state index in [0.717, 1.165) is 17.9 Å². The summed E-state index contributed by atoms with van der Waals surface area (Å²) in [5.74, 6) is 0.957. The molecule has 3 rings (SSSR count). The summed E-state index contributed by atoms with van der Waals surface area (Å²) < 4.78 is 6.02. The highest BCUT2D eigenvalue weighted by Crippen LogP contribution is 2.20. The highest BCUT2D eigenvalue weighted by molar-refractivity contribution is 5.33. The monoisotopic (exact) mass is 339 g/mol. The van der Waals surface area contributed by atoms with Gasteiger partial charge < -0.3 is 15.0 Å². The average molecular weight is 339 g/mol. The molecule has 4 nitrogen and oxygen atoms in total. The average Bonchev–Trinajstić information content (AvgIpc) is 2.66. The topological polar surface area (TPSA) is 37.4 Å². The van der Waals surface area contributed by atoms with Crippen LogP contribution in [-0.4, -0.2) is 35.1 Å². The van der Waals surface area contributed by atoms with Gasteiger partial charge in [0.25, 0.3) is 0 Å². The molecule has 0 radical (unpaired) electrons. The Bertz CT molecular complexity index is 637. The molecule has 0 unspecified atom stereocenters. The molecule has 1 aromatic carbocycles. The van der Waals surface area contributed by atoms with E-state index in [1.807, 2.05) is 24.4 Å². The third-order valence-corrected chi connectivity index (χ3v) is 4.93. The summed E-state index contributed by atoms with van der Waals surface area (Å²) in [6.45, 7) is 8.35. The van der Waals surface area contributed by atoms with Gasteiger partial charge in [-0.25, -0.2) is 0 Å². The molecule has 2 aromatic rings. The van der Waals surface area contributed by atoms with Crippen LogP contribution in [0, 0.1) is 0 Å². The second-order valence-electron chi connectivity index (χ2n) is 7.04. The Morgan fingerprint density at radius 2 is 1.96 bits per heavy atom. The summed E-state index contributed by atoms with van der Waals surface area (Å²) in [5, 5.41) is 3.72. The normalized spacial score (nSPS) is 16.3. The third kappa shape index (κ3) is 5.28. The summed E-state index contributed by atoms with van der Waals surface area (Å²) in [7, 11) is 0. The maximum absolute atomic E-state index is 6.02. The molecule has 134 valence electrons. The van der Waals surface area contributed by atoms with Gasteiger partial charge in [0, 0.05) is 42.1 Å². The summed E-state index contributed by atoms with van der Waals surface area (Å²) in [5.41, 5.74) is 2.31. The van der Waals surface area contributed by atoms with E-state index in [-0.39, 0.29) is 0 Å². The van der Waals surface area contributed by atoms with Crippen molar-refractivity contribution in [2.75, 3.05) is 13.1 Å². The molecule has 1 aliphatic rings. The number of rotatable bonds is 7. The van der Waals surface area contributed by atoms with Crippen molar-refractivity contribution < 1.29 is 4.74 Å². The van der Waals surface area contributed by atoms with Crippen molar-refractivity contribution in [1.82, 2.24) is 15.2 Å². The van der Waals surface area contributed by atoms with E-state index in [2.05, 4.69) is 47.2 Å². The summed E-state index contributed by atoms with van der Waals surface area (Å²) in [6.07, 6.45) is 6.07. The van der Waals surface area contributed by atoms with E-state index in [1.165, 1.54) is 31.5 Å². The molecule has 0 amide bonds. The SMILES string of the molecule is CC(C)N1CCC(NCc2ccccc2OCc2cccnc2)CC1. The predicted molar refractivity (Wildman–Crippen MR) is 102 cm³/mol. The lowest BCUT2D eigenvalue weighted by atomic mass is 10.0. The second-order valence-corrected chi connectivity index (χ2v) is 7.04. The fourth-order valence-corrected chi connectivity index (χ4v) is 3.31. The molecular formula is C21H29N3O. The van der Waals surface area contributed by atoms with Gasteiger partial charge in [-0.05, 0) is 51.9 Å². The number of piperidine rings is 1. The molecular weight excluding hydrogens is 310 g/mol. The van der Waals surface area contributed by atoms with E-state index in [1.54, 1.807) is 6.20 Å². The van der Waals surface area contributed by atoms with Crippen LogP contribution in [-0.2, 0) is 13.2 Å². The molecule has 2 heterocycles. The number of para-hydroxylation sites is 1. The molecule has 0 spiro atoms. The van der Waals surface area contributed by atoms with Gasteiger partial charge in [-0.15, -0.1) is 0 Å². The molecule has 1 fully saturated rings. The minimum atomic E-state index is 0.553. The molecule has 1 saturated heterocycles. The number of pyridine rings is 1. The second kappa shape index (κ2) is 8.97. The van der Waals surface area contributed by atoms with Crippen LogP contribution in [0.3, 0.4) is 0 Å². The van der Waals surface area contributed by atoms with Gasteiger partial charge in [-0.1, -0.05) is 24.3 Å². The molecule has 1 aliphatic heterocycles. The van der Waals surface area contributed by atoms with Gasteiger partial charge in [-0.2, -0.15) is 0 Å². The number of aromatic nitrogens is 1. The fourth-order valence-electron chi connectivity index (χ4n) is 3.31. The first-order valence-corrected chi connectivity index (χ1v) is 9.29. The smallest absolute Gasteiger partial charge is 0.124 e. The Morgan fingerprint density at radius 1 is 1.16 bits per heavy atom. The first-order valence-electron chi connectivity index (χ1n) is 9.29. The standard InChI is InChI=1S/C21H29N3O/c1-17(2)24-12-9-20(10-13-24)23-15-19-7-3-4-8-21(19)25-16-18-6-5-11-22-14-18/h3-8,11,14,17,20,23H,9-10,12-13,15-16H2,1-2H3. The van der Waals surface area contributed by atoms with Crippen molar-refractivity contribution in [2.45, 2.75) is 51.9 Å². The minimum Gasteiger partial charge on any atom is -0.489 e. The van der Waals surface area contributed by atoms with Crippen molar-refractivity contribution in [3.05, 3.63) is 59.9 Å². The summed E-state index contributed by atoms with van der Waals surface area (Å²) in [6, 6.07) is 13.5. The number of hydrogen-bond donors (Lipinski definition) is 1. The minimum absolute atomic E-state index is 0.553. The first kappa shape index (κ1) is 17.9. The number of nitrogens with one attached hydrogen (secondary N) is 1. The van der Waals surface area contributed by atoms with E-state index >= 15 is 0 Å². The van der Waals surface area contributed by atoms with Crippen LogP contribution < -0.4 is 10.1 Å². The summed E-state index contributed by atoms with van der Waals surface area (Å²) in [4.78, 5) is 6.70. The maximum Gasteiger partial charge on any atom is 0.124 e. The lowest BCUT2D eigenvalue weighted by Gasteiger charge is -2.35. The van der Waals surface area contributed by atoms with Crippen molar-refractivity contribution in [3.8, 4) is 5.75 Å². The van der Waals surface area contributed by atoms with Crippen LogP contribution in [0.25, 0.3) is 0 Å². The van der Waals surface area contributed by atoms with Crippen LogP contribution in [0.5, 0.6) is 5.75 Å². The van der Waals surface area contributed by atoms with E-state index < -0.39 is 0 Å². The maximum atomic E-state index is 6.02. The zero-order valence-corrected chi connectivity index (χ0v) is 15.3. The van der Waals surface area contributed by atoms with Gasteiger partial charge in [-0.3, -0.25) is 4.98 Å². The molecule has 0 bridgehead atoms. The zero-order valence-electron chi connectivity index (χ0n) is 15.3. The third-order valence-electron chi connectivity index (χ3n) is 4.93. The van der Waals surface area contributed by atoms with Crippen LogP contribution in [0.1, 0.15) is 37.8 Å². The molecule has 0 atom stereocenters. The van der Waals surface area contributed by atoms with Gasteiger partial charge in [0.15, 0.2) is 0 Å². The molecule has 0 aliphatic carbocycles. The lowest BCUT2D eigenvalue weighted by molar-refractivity contribution is 0.160. The predicted octanol–water partition coefficient (Wildman–Crippen LogP) is 3.62.